The summed E-state index contributed by atoms with van der Waals surface area (Å²) >= 11 is 0. The fourth-order valence-electron chi connectivity index (χ4n) is 2.19. The van der Waals surface area contributed by atoms with Crippen LogP contribution < -0.4 is 5.32 Å². The summed E-state index contributed by atoms with van der Waals surface area (Å²) in [5, 5.41) is 3.54. The highest BCUT2D eigenvalue weighted by Crippen LogP contribution is 2.27. The maximum atomic E-state index is 3.54. The van der Waals surface area contributed by atoms with E-state index >= 15 is 0 Å². The van der Waals surface area contributed by atoms with E-state index < -0.39 is 0 Å². The van der Waals surface area contributed by atoms with Crippen molar-refractivity contribution < 1.29 is 0 Å². The van der Waals surface area contributed by atoms with Crippen molar-refractivity contribution in [1.82, 2.24) is 9.88 Å². The molecule has 1 atom stereocenters. The van der Waals surface area contributed by atoms with Gasteiger partial charge in [0.15, 0.2) is 0 Å². The van der Waals surface area contributed by atoms with Gasteiger partial charge in [-0.3, -0.25) is 0 Å². The van der Waals surface area contributed by atoms with Crippen LogP contribution in [-0.2, 0) is 7.05 Å². The van der Waals surface area contributed by atoms with E-state index in [0.717, 1.165) is 0 Å². The minimum Gasteiger partial charge on any atom is -0.352 e. The second kappa shape index (κ2) is 3.18. The zero-order valence-corrected chi connectivity index (χ0v) is 8.72. The predicted molar refractivity (Wildman–Crippen MR) is 54.9 cm³/mol. The van der Waals surface area contributed by atoms with Crippen LogP contribution in [0.25, 0.3) is 0 Å². The lowest BCUT2D eigenvalue weighted by atomic mass is 10.1. The normalized spacial score (nSPS) is 22.5. The molecular weight excluding hydrogens is 160 g/mol. The number of rotatable bonds is 1. The van der Waals surface area contributed by atoms with Crippen molar-refractivity contribution in [2.75, 3.05) is 6.54 Å². The van der Waals surface area contributed by atoms with Gasteiger partial charge in [-0.2, -0.15) is 0 Å². The molecule has 13 heavy (non-hydrogen) atoms. The fraction of sp³-hybridized carbons (Fsp3) is 0.636. The molecule has 0 saturated carbocycles. The summed E-state index contributed by atoms with van der Waals surface area (Å²) in [5.74, 6) is 0. The minimum absolute atomic E-state index is 0.611. The zero-order valence-electron chi connectivity index (χ0n) is 8.72. The Balaban J connectivity index is 2.34. The second-order valence-electron chi connectivity index (χ2n) is 4.03. The molecule has 1 aromatic heterocycles. The van der Waals surface area contributed by atoms with Gasteiger partial charge < -0.3 is 9.88 Å². The molecule has 72 valence electrons. The van der Waals surface area contributed by atoms with Crippen LogP contribution in [0.3, 0.4) is 0 Å². The van der Waals surface area contributed by atoms with Crippen molar-refractivity contribution >= 4 is 0 Å². The predicted octanol–water partition coefficient (Wildman–Crippen LogP) is 2.07. The average Bonchev–Trinajstić information content (AvgIpc) is 2.70. The van der Waals surface area contributed by atoms with Gasteiger partial charge in [-0.15, -0.1) is 0 Å². The molecule has 2 heteroatoms. The van der Waals surface area contributed by atoms with Gasteiger partial charge >= 0.3 is 0 Å². The van der Waals surface area contributed by atoms with Gasteiger partial charge in [-0.25, -0.2) is 0 Å². The molecule has 0 spiro atoms. The van der Waals surface area contributed by atoms with Gasteiger partial charge in [-0.05, 0) is 44.9 Å². The van der Waals surface area contributed by atoms with Crippen molar-refractivity contribution in [3.05, 3.63) is 23.0 Å². The van der Waals surface area contributed by atoms with E-state index in [4.69, 9.17) is 0 Å². The van der Waals surface area contributed by atoms with Crippen LogP contribution in [0.2, 0.25) is 0 Å². The third-order valence-corrected chi connectivity index (χ3v) is 3.25. The van der Waals surface area contributed by atoms with Crippen LogP contribution in [0.5, 0.6) is 0 Å². The van der Waals surface area contributed by atoms with E-state index in [1.165, 1.54) is 36.3 Å². The number of aromatic nitrogens is 1. The van der Waals surface area contributed by atoms with Crippen LogP contribution in [-0.4, -0.2) is 11.1 Å². The van der Waals surface area contributed by atoms with E-state index in [1.807, 2.05) is 0 Å². The summed E-state index contributed by atoms with van der Waals surface area (Å²) in [5.41, 5.74) is 4.27. The van der Waals surface area contributed by atoms with Crippen LogP contribution in [0.15, 0.2) is 6.07 Å². The SMILES string of the molecule is Cc1cc(C2CCCN2)c(C)n1C. The van der Waals surface area contributed by atoms with Crippen LogP contribution in [0.1, 0.15) is 35.8 Å². The van der Waals surface area contributed by atoms with Crippen LogP contribution in [0.4, 0.5) is 0 Å². The molecule has 1 unspecified atom stereocenters. The first-order valence-electron chi connectivity index (χ1n) is 5.06. The smallest absolute Gasteiger partial charge is 0.0338 e. The Bertz CT molecular complexity index is 306. The molecule has 2 rings (SSSR count). The molecule has 2 heterocycles. The summed E-state index contributed by atoms with van der Waals surface area (Å²) in [6.45, 7) is 5.56. The first-order valence-corrected chi connectivity index (χ1v) is 5.06. The molecule has 0 bridgehead atoms. The highest BCUT2D eigenvalue weighted by molar-refractivity contribution is 5.29. The molecule has 1 aromatic rings. The summed E-state index contributed by atoms with van der Waals surface area (Å²) in [6, 6.07) is 2.93. The third kappa shape index (κ3) is 1.39. The monoisotopic (exact) mass is 178 g/mol. The molecule has 0 aromatic carbocycles. The Morgan fingerprint density at radius 1 is 1.46 bits per heavy atom. The summed E-state index contributed by atoms with van der Waals surface area (Å²) in [6.07, 6.45) is 2.61. The number of nitrogens with zero attached hydrogens (tertiary/aromatic N) is 1. The molecule has 0 radical (unpaired) electrons. The Morgan fingerprint density at radius 2 is 2.23 bits per heavy atom. The number of nitrogens with one attached hydrogen (secondary N) is 1. The molecule has 1 aliphatic rings. The maximum Gasteiger partial charge on any atom is 0.0338 e. The van der Waals surface area contributed by atoms with Crippen molar-refractivity contribution in [2.24, 2.45) is 7.05 Å². The highest BCUT2D eigenvalue weighted by atomic mass is 15.0. The van der Waals surface area contributed by atoms with E-state index in [2.05, 4.69) is 36.8 Å². The Hall–Kier alpha value is -0.760. The standard InChI is InChI=1S/C11H18N2/c1-8-7-10(9(2)13(8)3)11-5-4-6-12-11/h7,11-12H,4-6H2,1-3H3. The molecule has 1 N–H and O–H groups in total. The van der Waals surface area contributed by atoms with Gasteiger partial charge in [0.1, 0.15) is 0 Å². The molecule has 1 fully saturated rings. The third-order valence-electron chi connectivity index (χ3n) is 3.25. The Kier molecular flexibility index (Phi) is 2.16. The topological polar surface area (TPSA) is 17.0 Å². The first-order chi connectivity index (χ1) is 6.20. The van der Waals surface area contributed by atoms with Gasteiger partial charge in [0.25, 0.3) is 0 Å². The molecule has 1 aliphatic heterocycles. The van der Waals surface area contributed by atoms with Gasteiger partial charge in [-0.1, -0.05) is 0 Å². The largest absolute Gasteiger partial charge is 0.352 e. The molecular formula is C11H18N2. The summed E-state index contributed by atoms with van der Waals surface area (Å²) in [4.78, 5) is 0. The quantitative estimate of drug-likeness (QED) is 0.696. The van der Waals surface area contributed by atoms with Crippen molar-refractivity contribution in [1.29, 1.82) is 0 Å². The van der Waals surface area contributed by atoms with E-state index in [-0.39, 0.29) is 0 Å². The van der Waals surface area contributed by atoms with Crippen molar-refractivity contribution in [3.63, 3.8) is 0 Å². The van der Waals surface area contributed by atoms with Crippen LogP contribution >= 0.6 is 0 Å². The number of aryl methyl sites for hydroxylation is 1. The molecule has 1 saturated heterocycles. The van der Waals surface area contributed by atoms with E-state index in [1.54, 1.807) is 0 Å². The van der Waals surface area contributed by atoms with Gasteiger partial charge in [0.2, 0.25) is 0 Å². The van der Waals surface area contributed by atoms with Crippen LogP contribution in [0, 0.1) is 13.8 Å². The Morgan fingerprint density at radius 3 is 2.69 bits per heavy atom. The minimum atomic E-state index is 0.611. The zero-order chi connectivity index (χ0) is 9.42. The maximum absolute atomic E-state index is 3.54. The highest BCUT2D eigenvalue weighted by Gasteiger charge is 2.20. The molecule has 0 amide bonds. The van der Waals surface area contributed by atoms with Gasteiger partial charge in [0.05, 0.1) is 0 Å². The van der Waals surface area contributed by atoms with Crippen molar-refractivity contribution in [3.8, 4) is 0 Å². The van der Waals surface area contributed by atoms with Gasteiger partial charge in [0, 0.05) is 24.5 Å². The van der Waals surface area contributed by atoms with E-state index in [9.17, 15) is 0 Å². The lowest BCUT2D eigenvalue weighted by Gasteiger charge is -2.10. The first kappa shape index (κ1) is 8.82. The van der Waals surface area contributed by atoms with Crippen molar-refractivity contribution in [2.45, 2.75) is 32.7 Å². The second-order valence-corrected chi connectivity index (χ2v) is 4.03. The summed E-state index contributed by atoms with van der Waals surface area (Å²) in [7, 11) is 2.14. The molecule has 0 aliphatic carbocycles. The Labute approximate surface area is 79.9 Å². The number of hydrogen-bond acceptors (Lipinski definition) is 1. The van der Waals surface area contributed by atoms with E-state index in [0.29, 0.717) is 6.04 Å². The lowest BCUT2D eigenvalue weighted by Crippen LogP contribution is -2.13. The number of hydrogen-bond donors (Lipinski definition) is 1. The average molecular weight is 178 g/mol. The fourth-order valence-corrected chi connectivity index (χ4v) is 2.19. The lowest BCUT2D eigenvalue weighted by molar-refractivity contribution is 0.640. The summed E-state index contributed by atoms with van der Waals surface area (Å²) < 4.78 is 2.27. The molecule has 2 nitrogen and oxygen atoms in total.